The molecular weight excluding hydrogens is 546 g/mol. The van der Waals surface area contributed by atoms with Crippen LogP contribution >= 0.6 is 28.5 Å². The van der Waals surface area contributed by atoms with Crippen LogP contribution in [0.3, 0.4) is 0 Å². The van der Waals surface area contributed by atoms with Crippen molar-refractivity contribution in [3.8, 4) is 0 Å². The van der Waals surface area contributed by atoms with Crippen LogP contribution in [-0.4, -0.2) is 34.5 Å². The van der Waals surface area contributed by atoms with E-state index in [9.17, 15) is 4.57 Å². The fourth-order valence-electron chi connectivity index (χ4n) is 5.21. The summed E-state index contributed by atoms with van der Waals surface area (Å²) in [6, 6.07) is 0. The highest BCUT2D eigenvalue weighted by Crippen LogP contribution is 2.73. The number of halogens is 1. The van der Waals surface area contributed by atoms with E-state index in [4.69, 9.17) is 7.94 Å². The summed E-state index contributed by atoms with van der Waals surface area (Å²) >= 11 is 0. The second-order valence-corrected chi connectivity index (χ2v) is 20.1. The van der Waals surface area contributed by atoms with Crippen LogP contribution in [0.4, 0.5) is 4.20 Å². The smallest absolute Gasteiger partial charge is 0.233 e. The van der Waals surface area contributed by atoms with Gasteiger partial charge in [0.05, 0.1) is 0 Å². The first-order valence-corrected chi connectivity index (χ1v) is 22.6. The first kappa shape index (κ1) is 39.8. The van der Waals surface area contributed by atoms with E-state index in [1.54, 1.807) is 0 Å². The van der Waals surface area contributed by atoms with Crippen LogP contribution in [0.2, 0.25) is 0 Å². The van der Waals surface area contributed by atoms with Crippen molar-refractivity contribution in [1.82, 2.24) is 0 Å². The summed E-state index contributed by atoms with van der Waals surface area (Å²) in [5, 5.41) is 0. The van der Waals surface area contributed by atoms with Gasteiger partial charge in [-0.1, -0.05) is 131 Å². The van der Waals surface area contributed by atoms with Crippen LogP contribution in [0.1, 0.15) is 170 Å². The molecule has 0 unspecified atom stereocenters. The molecule has 0 saturated carbocycles. The molecule has 0 saturated heterocycles. The molecule has 240 valence electrons. The molecule has 0 amide bonds. The highest BCUT2D eigenvalue weighted by atomic mass is 32.3. The zero-order chi connectivity index (χ0) is 29.3. The Balaban J connectivity index is 5.98. The molecule has 0 aromatic carbocycles. The van der Waals surface area contributed by atoms with Crippen molar-refractivity contribution in [2.75, 3.05) is 34.5 Å². The molecule has 0 aliphatic heterocycles. The SMILES string of the molecule is CCCCCCS(CCCC)(CCCCCC)OP(=O)(F)OS(CCCC)(CCCCCC)CCCCCC. The quantitative estimate of drug-likeness (QED) is 0.0595. The lowest BCUT2D eigenvalue weighted by molar-refractivity contribution is 0.363. The van der Waals surface area contributed by atoms with Crippen molar-refractivity contribution in [3.05, 3.63) is 0 Å². The summed E-state index contributed by atoms with van der Waals surface area (Å²) in [4.78, 5) is 0. The molecule has 0 rings (SSSR count). The van der Waals surface area contributed by atoms with Gasteiger partial charge in [-0.15, -0.1) is 24.8 Å². The van der Waals surface area contributed by atoms with E-state index in [1.807, 2.05) is 0 Å². The standard InChI is InChI=1S/C32H70FO3PS2/c1-7-13-19-23-29-38(27-17-11-5,30-24-20-14-8-2)35-37(33,34)36-39(28-18-12-6,31-25-21-15-9-3)32-26-22-16-10-4/h7-32H2,1-6H3. The third-order valence-electron chi connectivity index (χ3n) is 7.71. The van der Waals surface area contributed by atoms with E-state index in [0.717, 1.165) is 112 Å². The number of rotatable bonds is 30. The molecule has 0 aromatic rings. The molecule has 0 aliphatic carbocycles. The van der Waals surface area contributed by atoms with Crippen molar-refractivity contribution in [2.45, 2.75) is 170 Å². The van der Waals surface area contributed by atoms with Gasteiger partial charge in [0.2, 0.25) is 0 Å². The van der Waals surface area contributed by atoms with Crippen molar-refractivity contribution >= 4 is 28.5 Å². The Morgan fingerprint density at radius 3 is 0.872 bits per heavy atom. The zero-order valence-electron chi connectivity index (χ0n) is 27.3. The minimum Gasteiger partial charge on any atom is -0.233 e. The Kier molecular flexibility index (Phi) is 25.8. The van der Waals surface area contributed by atoms with Gasteiger partial charge in [0.25, 0.3) is 0 Å². The van der Waals surface area contributed by atoms with E-state index >= 15 is 4.20 Å². The van der Waals surface area contributed by atoms with Crippen molar-refractivity contribution in [2.24, 2.45) is 0 Å². The molecule has 0 N–H and O–H groups in total. The van der Waals surface area contributed by atoms with Crippen molar-refractivity contribution in [3.63, 3.8) is 0 Å². The predicted molar refractivity (Wildman–Crippen MR) is 182 cm³/mol. The summed E-state index contributed by atoms with van der Waals surface area (Å²) in [5.74, 6) is 5.23. The zero-order valence-corrected chi connectivity index (χ0v) is 29.8. The second-order valence-electron chi connectivity index (χ2n) is 11.7. The van der Waals surface area contributed by atoms with Crippen LogP contribution in [0.25, 0.3) is 0 Å². The molecule has 0 radical (unpaired) electrons. The van der Waals surface area contributed by atoms with Gasteiger partial charge in [-0.25, -0.2) is 12.5 Å². The van der Waals surface area contributed by atoms with Gasteiger partial charge < -0.3 is 0 Å². The van der Waals surface area contributed by atoms with Crippen molar-refractivity contribution < 1.29 is 16.7 Å². The second kappa shape index (κ2) is 25.3. The molecule has 7 heteroatoms. The Morgan fingerprint density at radius 1 is 0.410 bits per heavy atom. The summed E-state index contributed by atoms with van der Waals surface area (Å²) < 4.78 is 42.9. The number of hydrogen-bond donors (Lipinski definition) is 0. The summed E-state index contributed by atoms with van der Waals surface area (Å²) in [5.41, 5.74) is 0. The normalized spacial score (nSPS) is 13.7. The fourth-order valence-corrected chi connectivity index (χ4v) is 16.1. The molecule has 0 bridgehead atoms. The summed E-state index contributed by atoms with van der Waals surface area (Å²) in [6.45, 7) is 13.3. The third kappa shape index (κ3) is 20.3. The van der Waals surface area contributed by atoms with Crippen LogP contribution in [0.15, 0.2) is 0 Å². The Hall–Kier alpha value is 0.780. The van der Waals surface area contributed by atoms with E-state index < -0.39 is 28.5 Å². The minimum absolute atomic E-state index is 0.864. The third-order valence-corrected chi connectivity index (χ3v) is 17.9. The molecule has 0 heterocycles. The van der Waals surface area contributed by atoms with E-state index in [0.29, 0.717) is 0 Å². The minimum atomic E-state index is -4.66. The van der Waals surface area contributed by atoms with Gasteiger partial charge in [-0.2, -0.15) is 0 Å². The van der Waals surface area contributed by atoms with Crippen LogP contribution < -0.4 is 0 Å². The number of hydrogen-bond acceptors (Lipinski definition) is 3. The van der Waals surface area contributed by atoms with Gasteiger partial charge in [0, 0.05) is 0 Å². The maximum absolute atomic E-state index is 16.4. The highest BCUT2D eigenvalue weighted by Gasteiger charge is 2.42. The number of unbranched alkanes of at least 4 members (excludes halogenated alkanes) is 14. The van der Waals surface area contributed by atoms with Crippen LogP contribution in [0.5, 0.6) is 0 Å². The first-order chi connectivity index (χ1) is 18.8. The summed E-state index contributed by atoms with van der Waals surface area (Å²) in [7, 11) is -8.22. The molecule has 0 aliphatic rings. The van der Waals surface area contributed by atoms with Gasteiger partial charge in [-0.05, 0) is 73.0 Å². The predicted octanol–water partition coefficient (Wildman–Crippen LogP) is 13.5. The topological polar surface area (TPSA) is 35.5 Å². The van der Waals surface area contributed by atoms with Gasteiger partial charge in [0.15, 0.2) is 0 Å². The van der Waals surface area contributed by atoms with Crippen LogP contribution in [-0.2, 0) is 12.5 Å². The lowest BCUT2D eigenvalue weighted by Gasteiger charge is -2.44. The molecular formula is C32H70FO3PS2. The molecule has 0 fully saturated rings. The van der Waals surface area contributed by atoms with Gasteiger partial charge in [0.1, 0.15) is 0 Å². The average molecular weight is 617 g/mol. The van der Waals surface area contributed by atoms with Gasteiger partial charge >= 0.3 is 7.91 Å². The molecule has 0 atom stereocenters. The van der Waals surface area contributed by atoms with E-state index in [2.05, 4.69) is 41.5 Å². The maximum atomic E-state index is 16.4. The van der Waals surface area contributed by atoms with E-state index in [1.165, 1.54) is 51.4 Å². The monoisotopic (exact) mass is 616 g/mol. The van der Waals surface area contributed by atoms with Crippen LogP contribution in [0, 0.1) is 0 Å². The molecule has 3 nitrogen and oxygen atoms in total. The Bertz CT molecular complexity index is 524. The maximum Gasteiger partial charge on any atom is 0.532 e. The average Bonchev–Trinajstić information content (AvgIpc) is 2.91. The Labute approximate surface area is 249 Å². The molecule has 0 aromatic heterocycles. The summed E-state index contributed by atoms with van der Waals surface area (Å²) in [6.07, 6.45) is 22.4. The molecule has 0 spiro atoms. The lowest BCUT2D eigenvalue weighted by atomic mass is 10.2. The highest BCUT2D eigenvalue weighted by molar-refractivity contribution is 8.33. The molecule has 39 heavy (non-hydrogen) atoms. The van der Waals surface area contributed by atoms with E-state index in [-0.39, 0.29) is 0 Å². The first-order valence-electron chi connectivity index (χ1n) is 17.0. The van der Waals surface area contributed by atoms with Gasteiger partial charge in [-0.3, -0.25) is 0 Å². The van der Waals surface area contributed by atoms with Crippen molar-refractivity contribution in [1.29, 1.82) is 0 Å². The largest absolute Gasteiger partial charge is 0.532 e. The lowest BCUT2D eigenvalue weighted by Crippen LogP contribution is -2.20. The fraction of sp³-hybridized carbons (Fsp3) is 1.00. The Morgan fingerprint density at radius 2 is 0.641 bits per heavy atom.